The third-order valence-corrected chi connectivity index (χ3v) is 4.18. The predicted octanol–water partition coefficient (Wildman–Crippen LogP) is 1.81. The number of benzene rings is 1. The molecule has 0 bridgehead atoms. The fourth-order valence-corrected chi connectivity index (χ4v) is 2.83. The number of aromatic nitrogens is 2. The standard InChI is InChI=1S/C18H23N5O/c1-14-19-16(21(2)3)13-17(20-14)22-9-11-23(12-10-22)18(24)15-7-5-4-6-8-15/h4-8,13H,9-12H2,1-3H3. The van der Waals surface area contributed by atoms with Crippen LogP contribution in [0.4, 0.5) is 11.6 Å². The van der Waals surface area contributed by atoms with Gasteiger partial charge in [0.25, 0.3) is 5.91 Å². The molecule has 2 heterocycles. The van der Waals surface area contributed by atoms with Gasteiger partial charge in [0.05, 0.1) is 0 Å². The predicted molar refractivity (Wildman–Crippen MR) is 95.7 cm³/mol. The Morgan fingerprint density at radius 1 is 1.04 bits per heavy atom. The number of rotatable bonds is 3. The van der Waals surface area contributed by atoms with Gasteiger partial charge in [-0.3, -0.25) is 4.79 Å². The summed E-state index contributed by atoms with van der Waals surface area (Å²) in [5.41, 5.74) is 0.749. The summed E-state index contributed by atoms with van der Waals surface area (Å²) in [6, 6.07) is 11.5. The molecule has 0 aliphatic carbocycles. The number of hydrogen-bond donors (Lipinski definition) is 0. The number of anilines is 2. The van der Waals surface area contributed by atoms with Gasteiger partial charge in [-0.15, -0.1) is 0 Å². The zero-order valence-electron chi connectivity index (χ0n) is 14.4. The average molecular weight is 325 g/mol. The first kappa shape index (κ1) is 16.2. The lowest BCUT2D eigenvalue weighted by molar-refractivity contribution is 0.0746. The lowest BCUT2D eigenvalue weighted by Crippen LogP contribution is -2.49. The lowest BCUT2D eigenvalue weighted by Gasteiger charge is -2.35. The fraction of sp³-hybridized carbons (Fsp3) is 0.389. The van der Waals surface area contributed by atoms with Crippen molar-refractivity contribution in [3.63, 3.8) is 0 Å². The number of aryl methyl sites for hydroxylation is 1. The Bertz CT molecular complexity index is 709. The van der Waals surface area contributed by atoms with Gasteiger partial charge in [0, 0.05) is 51.9 Å². The topological polar surface area (TPSA) is 52.6 Å². The third kappa shape index (κ3) is 3.48. The van der Waals surface area contributed by atoms with Gasteiger partial charge < -0.3 is 14.7 Å². The van der Waals surface area contributed by atoms with Crippen molar-refractivity contribution in [3.8, 4) is 0 Å². The summed E-state index contributed by atoms with van der Waals surface area (Å²) >= 11 is 0. The third-order valence-electron chi connectivity index (χ3n) is 4.18. The van der Waals surface area contributed by atoms with E-state index in [1.54, 1.807) is 0 Å². The van der Waals surface area contributed by atoms with E-state index in [1.165, 1.54) is 0 Å². The molecular formula is C18H23N5O. The van der Waals surface area contributed by atoms with Crippen molar-refractivity contribution in [2.75, 3.05) is 50.1 Å². The molecule has 1 saturated heterocycles. The fourth-order valence-electron chi connectivity index (χ4n) is 2.83. The Balaban J connectivity index is 1.68. The van der Waals surface area contributed by atoms with Crippen LogP contribution >= 0.6 is 0 Å². The minimum Gasteiger partial charge on any atom is -0.363 e. The van der Waals surface area contributed by atoms with Crippen LogP contribution in [-0.4, -0.2) is 61.0 Å². The molecule has 1 aliphatic rings. The van der Waals surface area contributed by atoms with Gasteiger partial charge in [-0.25, -0.2) is 9.97 Å². The average Bonchev–Trinajstić information content (AvgIpc) is 2.61. The van der Waals surface area contributed by atoms with Crippen LogP contribution in [0.3, 0.4) is 0 Å². The SMILES string of the molecule is Cc1nc(N(C)C)cc(N2CCN(C(=O)c3ccccc3)CC2)n1. The van der Waals surface area contributed by atoms with Crippen LogP contribution in [0.25, 0.3) is 0 Å². The van der Waals surface area contributed by atoms with Gasteiger partial charge in [-0.2, -0.15) is 0 Å². The number of nitrogens with zero attached hydrogens (tertiary/aromatic N) is 5. The summed E-state index contributed by atoms with van der Waals surface area (Å²) in [7, 11) is 3.95. The molecule has 1 amide bonds. The molecule has 1 aromatic carbocycles. The van der Waals surface area contributed by atoms with E-state index < -0.39 is 0 Å². The maximum absolute atomic E-state index is 12.5. The van der Waals surface area contributed by atoms with Gasteiger partial charge in [0.15, 0.2) is 0 Å². The van der Waals surface area contributed by atoms with Crippen LogP contribution in [0, 0.1) is 6.92 Å². The molecule has 1 aliphatic heterocycles. The van der Waals surface area contributed by atoms with Crippen molar-refractivity contribution in [1.82, 2.24) is 14.9 Å². The maximum atomic E-state index is 12.5. The van der Waals surface area contributed by atoms with Crippen molar-refractivity contribution in [1.29, 1.82) is 0 Å². The molecule has 126 valence electrons. The van der Waals surface area contributed by atoms with E-state index in [-0.39, 0.29) is 5.91 Å². The number of piperazine rings is 1. The zero-order valence-corrected chi connectivity index (χ0v) is 14.4. The molecule has 1 fully saturated rings. The highest BCUT2D eigenvalue weighted by Gasteiger charge is 2.23. The van der Waals surface area contributed by atoms with Gasteiger partial charge in [-0.05, 0) is 19.1 Å². The molecule has 0 radical (unpaired) electrons. The van der Waals surface area contributed by atoms with E-state index in [1.807, 2.05) is 67.2 Å². The minimum atomic E-state index is 0.100. The van der Waals surface area contributed by atoms with Crippen LogP contribution in [0.15, 0.2) is 36.4 Å². The highest BCUT2D eigenvalue weighted by atomic mass is 16.2. The number of hydrogen-bond acceptors (Lipinski definition) is 5. The van der Waals surface area contributed by atoms with E-state index in [9.17, 15) is 4.79 Å². The molecule has 1 aromatic heterocycles. The van der Waals surface area contributed by atoms with Gasteiger partial charge in [0.1, 0.15) is 17.5 Å². The van der Waals surface area contributed by atoms with Crippen molar-refractivity contribution in [2.45, 2.75) is 6.92 Å². The largest absolute Gasteiger partial charge is 0.363 e. The first-order valence-electron chi connectivity index (χ1n) is 8.17. The second kappa shape index (κ2) is 6.86. The van der Waals surface area contributed by atoms with Gasteiger partial charge in [-0.1, -0.05) is 18.2 Å². The van der Waals surface area contributed by atoms with E-state index in [0.29, 0.717) is 13.1 Å². The summed E-state index contributed by atoms with van der Waals surface area (Å²) in [6.07, 6.45) is 0. The van der Waals surface area contributed by atoms with Crippen molar-refractivity contribution in [2.24, 2.45) is 0 Å². The second-order valence-corrected chi connectivity index (χ2v) is 6.17. The molecule has 6 heteroatoms. The molecule has 0 atom stereocenters. The minimum absolute atomic E-state index is 0.100. The van der Waals surface area contributed by atoms with Gasteiger partial charge in [0.2, 0.25) is 0 Å². The van der Waals surface area contributed by atoms with E-state index in [0.717, 1.165) is 36.1 Å². The maximum Gasteiger partial charge on any atom is 0.253 e. The Morgan fingerprint density at radius 3 is 2.33 bits per heavy atom. The molecule has 6 nitrogen and oxygen atoms in total. The molecule has 2 aromatic rings. The lowest BCUT2D eigenvalue weighted by atomic mass is 10.2. The first-order valence-corrected chi connectivity index (χ1v) is 8.17. The molecule has 0 unspecified atom stereocenters. The Morgan fingerprint density at radius 2 is 1.71 bits per heavy atom. The first-order chi connectivity index (χ1) is 11.5. The summed E-state index contributed by atoms with van der Waals surface area (Å²) in [5.74, 6) is 2.69. The van der Waals surface area contributed by atoms with E-state index >= 15 is 0 Å². The van der Waals surface area contributed by atoms with Crippen LogP contribution in [0.1, 0.15) is 16.2 Å². The molecule has 0 N–H and O–H groups in total. The highest BCUT2D eigenvalue weighted by molar-refractivity contribution is 5.94. The molecular weight excluding hydrogens is 302 g/mol. The summed E-state index contributed by atoms with van der Waals surface area (Å²) < 4.78 is 0. The van der Waals surface area contributed by atoms with Crippen LogP contribution in [0.5, 0.6) is 0 Å². The molecule has 0 saturated carbocycles. The monoisotopic (exact) mass is 325 g/mol. The van der Waals surface area contributed by atoms with Crippen LogP contribution in [-0.2, 0) is 0 Å². The van der Waals surface area contributed by atoms with Gasteiger partial charge >= 0.3 is 0 Å². The van der Waals surface area contributed by atoms with Crippen molar-refractivity contribution in [3.05, 3.63) is 47.8 Å². The molecule has 3 rings (SSSR count). The summed E-state index contributed by atoms with van der Waals surface area (Å²) in [5, 5.41) is 0. The highest BCUT2D eigenvalue weighted by Crippen LogP contribution is 2.19. The molecule has 24 heavy (non-hydrogen) atoms. The van der Waals surface area contributed by atoms with Crippen molar-refractivity contribution >= 4 is 17.5 Å². The Hall–Kier alpha value is -2.63. The Kier molecular flexibility index (Phi) is 4.64. The quantitative estimate of drug-likeness (QED) is 0.861. The summed E-state index contributed by atoms with van der Waals surface area (Å²) in [4.78, 5) is 27.6. The zero-order chi connectivity index (χ0) is 17.1. The Labute approximate surface area is 142 Å². The van der Waals surface area contributed by atoms with E-state index in [2.05, 4.69) is 14.9 Å². The second-order valence-electron chi connectivity index (χ2n) is 6.17. The number of carbonyl (C=O) groups is 1. The number of carbonyl (C=O) groups excluding carboxylic acids is 1. The van der Waals surface area contributed by atoms with Crippen LogP contribution in [0.2, 0.25) is 0 Å². The summed E-state index contributed by atoms with van der Waals surface area (Å²) in [6.45, 7) is 4.87. The number of amides is 1. The smallest absolute Gasteiger partial charge is 0.253 e. The van der Waals surface area contributed by atoms with Crippen LogP contribution < -0.4 is 9.80 Å². The molecule has 0 spiro atoms. The van der Waals surface area contributed by atoms with E-state index in [4.69, 9.17) is 0 Å². The van der Waals surface area contributed by atoms with Crippen molar-refractivity contribution < 1.29 is 4.79 Å². The normalized spacial score (nSPS) is 14.6.